The fraction of sp³-hybridized carbons (Fsp3) is 0.222. The number of H-pyrrole nitrogens is 1. The highest BCUT2D eigenvalue weighted by Gasteiger charge is 2.17. The van der Waals surface area contributed by atoms with E-state index in [2.05, 4.69) is 4.98 Å². The van der Waals surface area contributed by atoms with Crippen molar-refractivity contribution in [1.82, 2.24) is 4.98 Å². The largest absolute Gasteiger partial charge is 0.497 e. The van der Waals surface area contributed by atoms with E-state index in [1.165, 1.54) is 5.56 Å². The van der Waals surface area contributed by atoms with Crippen molar-refractivity contribution in [2.24, 2.45) is 5.73 Å². The van der Waals surface area contributed by atoms with E-state index >= 15 is 0 Å². The van der Waals surface area contributed by atoms with Crippen molar-refractivity contribution in [3.63, 3.8) is 0 Å². The van der Waals surface area contributed by atoms with Crippen molar-refractivity contribution in [3.05, 3.63) is 63.8 Å². The monoisotopic (exact) mass is 348 g/mol. The summed E-state index contributed by atoms with van der Waals surface area (Å²) in [6.07, 6.45) is 2.78. The smallest absolute Gasteiger partial charge is 0.119 e. The van der Waals surface area contributed by atoms with Gasteiger partial charge in [-0.15, -0.1) is 0 Å². The lowest BCUT2D eigenvalue weighted by Crippen LogP contribution is -2.15. The van der Waals surface area contributed by atoms with Crippen molar-refractivity contribution in [1.29, 1.82) is 0 Å². The third-order valence-corrected chi connectivity index (χ3v) is 4.71. The van der Waals surface area contributed by atoms with Crippen LogP contribution in [-0.2, 0) is 6.42 Å². The highest BCUT2D eigenvalue weighted by Crippen LogP contribution is 2.32. The molecule has 1 atom stereocenters. The lowest BCUT2D eigenvalue weighted by molar-refractivity contribution is 0.415. The van der Waals surface area contributed by atoms with Crippen molar-refractivity contribution < 1.29 is 4.74 Å². The van der Waals surface area contributed by atoms with Gasteiger partial charge in [0.15, 0.2) is 0 Å². The summed E-state index contributed by atoms with van der Waals surface area (Å²) < 4.78 is 5.33. The Hall–Kier alpha value is -1.68. The molecule has 3 nitrogen and oxygen atoms in total. The maximum absolute atomic E-state index is 6.30. The Kier molecular flexibility index (Phi) is 4.81. The molecule has 5 heteroatoms. The van der Waals surface area contributed by atoms with Crippen LogP contribution in [0.2, 0.25) is 10.0 Å². The summed E-state index contributed by atoms with van der Waals surface area (Å²) in [5, 5.41) is 2.44. The molecule has 0 fully saturated rings. The van der Waals surface area contributed by atoms with Crippen molar-refractivity contribution >= 4 is 34.1 Å². The predicted molar refractivity (Wildman–Crippen MR) is 96.8 cm³/mol. The Labute approximate surface area is 145 Å². The molecule has 0 aliphatic rings. The third kappa shape index (κ3) is 3.32. The van der Waals surface area contributed by atoms with Crippen LogP contribution in [0, 0.1) is 0 Å². The molecule has 0 saturated heterocycles. The molecule has 3 N–H and O–H groups in total. The second-order valence-electron chi connectivity index (χ2n) is 5.53. The van der Waals surface area contributed by atoms with E-state index < -0.39 is 0 Å². The molecule has 1 unspecified atom stereocenters. The first-order chi connectivity index (χ1) is 11.1. The maximum Gasteiger partial charge on any atom is 0.119 e. The first-order valence-electron chi connectivity index (χ1n) is 7.41. The van der Waals surface area contributed by atoms with Crippen molar-refractivity contribution in [2.45, 2.75) is 12.3 Å². The second kappa shape index (κ2) is 6.83. The summed E-state index contributed by atoms with van der Waals surface area (Å²) in [7, 11) is 1.67. The Morgan fingerprint density at radius 1 is 1.17 bits per heavy atom. The number of halogens is 2. The molecule has 2 aromatic carbocycles. The van der Waals surface area contributed by atoms with Crippen LogP contribution in [0.25, 0.3) is 10.9 Å². The molecule has 1 heterocycles. The van der Waals surface area contributed by atoms with Crippen molar-refractivity contribution in [3.8, 4) is 5.75 Å². The molecular formula is C18H18Cl2N2O. The Morgan fingerprint density at radius 2 is 2.00 bits per heavy atom. The first-order valence-corrected chi connectivity index (χ1v) is 8.17. The average Bonchev–Trinajstić information content (AvgIpc) is 2.97. The summed E-state index contributed by atoms with van der Waals surface area (Å²) in [4.78, 5) is 3.30. The molecule has 0 aliphatic carbocycles. The summed E-state index contributed by atoms with van der Waals surface area (Å²) in [6.45, 7) is 0.531. The molecule has 0 amide bonds. The molecule has 0 radical (unpaired) electrons. The molecule has 23 heavy (non-hydrogen) atoms. The van der Waals surface area contributed by atoms with Crippen LogP contribution >= 0.6 is 23.2 Å². The SMILES string of the molecule is COc1ccc2[nH]cc(C(CN)Cc3ccc(Cl)cc3Cl)c2c1. The average molecular weight is 349 g/mol. The van der Waals surface area contributed by atoms with E-state index in [0.717, 1.165) is 28.6 Å². The van der Waals surface area contributed by atoms with Gasteiger partial charge in [-0.25, -0.2) is 0 Å². The molecule has 3 aromatic rings. The number of hydrogen-bond acceptors (Lipinski definition) is 2. The van der Waals surface area contributed by atoms with Gasteiger partial charge < -0.3 is 15.5 Å². The fourth-order valence-corrected chi connectivity index (χ4v) is 3.34. The van der Waals surface area contributed by atoms with Crippen LogP contribution in [0.5, 0.6) is 5.75 Å². The van der Waals surface area contributed by atoms with Crippen LogP contribution in [0.3, 0.4) is 0 Å². The zero-order valence-corrected chi connectivity index (χ0v) is 14.3. The number of aromatic nitrogens is 1. The number of methoxy groups -OCH3 is 1. The predicted octanol–water partition coefficient (Wildman–Crippen LogP) is 4.77. The lowest BCUT2D eigenvalue weighted by atomic mass is 9.91. The number of aromatic amines is 1. The van der Waals surface area contributed by atoms with Crippen LogP contribution < -0.4 is 10.5 Å². The zero-order valence-electron chi connectivity index (χ0n) is 12.8. The van der Waals surface area contributed by atoms with Gasteiger partial charge in [-0.2, -0.15) is 0 Å². The van der Waals surface area contributed by atoms with E-state index in [9.17, 15) is 0 Å². The molecule has 0 spiro atoms. The van der Waals surface area contributed by atoms with Crippen LogP contribution in [0.1, 0.15) is 17.0 Å². The minimum Gasteiger partial charge on any atom is -0.497 e. The standard InChI is InChI=1S/C18H18Cl2N2O/c1-23-14-4-5-18-15(8-14)16(10-22-18)12(9-21)6-11-2-3-13(19)7-17(11)20/h2-5,7-8,10,12,22H,6,9,21H2,1H3. The number of rotatable bonds is 5. The number of nitrogens with two attached hydrogens (primary N) is 1. The van der Waals surface area contributed by atoms with E-state index in [1.807, 2.05) is 36.5 Å². The molecule has 0 aliphatic heterocycles. The van der Waals surface area contributed by atoms with Crippen LogP contribution in [0.4, 0.5) is 0 Å². The minimum absolute atomic E-state index is 0.162. The van der Waals surface area contributed by atoms with Gasteiger partial charge in [0.2, 0.25) is 0 Å². The van der Waals surface area contributed by atoms with E-state index in [-0.39, 0.29) is 5.92 Å². The van der Waals surface area contributed by atoms with E-state index in [1.54, 1.807) is 13.2 Å². The molecular weight excluding hydrogens is 331 g/mol. The maximum atomic E-state index is 6.30. The van der Waals surface area contributed by atoms with Gasteiger partial charge >= 0.3 is 0 Å². The van der Waals surface area contributed by atoms with Gasteiger partial charge in [0.1, 0.15) is 5.75 Å². The second-order valence-corrected chi connectivity index (χ2v) is 6.37. The highest BCUT2D eigenvalue weighted by atomic mass is 35.5. The number of fused-ring (bicyclic) bond motifs is 1. The Morgan fingerprint density at radius 3 is 2.70 bits per heavy atom. The number of benzene rings is 2. The Balaban J connectivity index is 1.97. The minimum atomic E-state index is 0.162. The van der Waals surface area contributed by atoms with Crippen molar-refractivity contribution in [2.75, 3.05) is 13.7 Å². The van der Waals surface area contributed by atoms with Gasteiger partial charge in [-0.05, 0) is 54.4 Å². The number of hydrogen-bond donors (Lipinski definition) is 2. The summed E-state index contributed by atoms with van der Waals surface area (Å²) in [6, 6.07) is 11.6. The quantitative estimate of drug-likeness (QED) is 0.697. The summed E-state index contributed by atoms with van der Waals surface area (Å²) in [5.41, 5.74) is 9.33. The van der Waals surface area contributed by atoms with Gasteiger partial charge in [0, 0.05) is 33.1 Å². The third-order valence-electron chi connectivity index (χ3n) is 4.13. The number of ether oxygens (including phenoxy) is 1. The first kappa shape index (κ1) is 16.2. The summed E-state index contributed by atoms with van der Waals surface area (Å²) in [5.74, 6) is 0.994. The van der Waals surface area contributed by atoms with Gasteiger partial charge in [0.05, 0.1) is 7.11 Å². The van der Waals surface area contributed by atoms with Crippen LogP contribution in [-0.4, -0.2) is 18.6 Å². The molecule has 3 rings (SSSR count). The topological polar surface area (TPSA) is 51.0 Å². The van der Waals surface area contributed by atoms with Gasteiger partial charge in [0.25, 0.3) is 0 Å². The summed E-state index contributed by atoms with van der Waals surface area (Å²) >= 11 is 12.3. The van der Waals surface area contributed by atoms with Gasteiger partial charge in [-0.1, -0.05) is 29.3 Å². The van der Waals surface area contributed by atoms with Crippen LogP contribution in [0.15, 0.2) is 42.6 Å². The highest BCUT2D eigenvalue weighted by molar-refractivity contribution is 6.35. The number of nitrogens with one attached hydrogen (secondary N) is 1. The molecule has 1 aromatic heterocycles. The fourth-order valence-electron chi connectivity index (χ4n) is 2.86. The lowest BCUT2D eigenvalue weighted by Gasteiger charge is -2.16. The van der Waals surface area contributed by atoms with E-state index in [0.29, 0.717) is 16.6 Å². The normalized spacial score (nSPS) is 12.5. The van der Waals surface area contributed by atoms with Gasteiger partial charge in [-0.3, -0.25) is 0 Å². The molecule has 0 bridgehead atoms. The van der Waals surface area contributed by atoms with E-state index in [4.69, 9.17) is 33.7 Å². The molecule has 120 valence electrons. The molecule has 0 saturated carbocycles. The zero-order chi connectivity index (χ0) is 16.4. The Bertz CT molecular complexity index is 829.